The topological polar surface area (TPSA) is 111 Å². The number of methoxy groups -OCH3 is 1. The SMILES string of the molecule is COc1ccccc1C(=O)NNC(=O)c1ccc(Cn2nnc(-c3ccccc3)n2)cc1. The van der Waals surface area contributed by atoms with Crippen LogP contribution in [-0.2, 0) is 6.54 Å². The number of nitrogens with one attached hydrogen (secondary N) is 2. The molecule has 9 nitrogen and oxygen atoms in total. The van der Waals surface area contributed by atoms with Crippen LogP contribution < -0.4 is 15.6 Å². The summed E-state index contributed by atoms with van der Waals surface area (Å²) in [6, 6.07) is 23.3. The number of nitrogens with zero attached hydrogens (tertiary/aromatic N) is 4. The van der Waals surface area contributed by atoms with E-state index in [4.69, 9.17) is 4.74 Å². The summed E-state index contributed by atoms with van der Waals surface area (Å²) in [4.78, 5) is 26.2. The molecular weight excluding hydrogens is 408 g/mol. The van der Waals surface area contributed by atoms with Gasteiger partial charge in [-0.15, -0.1) is 10.2 Å². The quantitative estimate of drug-likeness (QED) is 0.457. The molecule has 1 aromatic heterocycles. The van der Waals surface area contributed by atoms with Gasteiger partial charge in [0.25, 0.3) is 11.8 Å². The molecule has 0 fully saturated rings. The number of benzene rings is 3. The third-order valence-corrected chi connectivity index (χ3v) is 4.67. The Bertz CT molecular complexity index is 1220. The molecule has 32 heavy (non-hydrogen) atoms. The van der Waals surface area contributed by atoms with Crippen LogP contribution in [0.25, 0.3) is 11.4 Å². The summed E-state index contributed by atoms with van der Waals surface area (Å²) >= 11 is 0. The minimum atomic E-state index is -0.473. The van der Waals surface area contributed by atoms with E-state index in [0.29, 0.717) is 29.2 Å². The molecule has 9 heteroatoms. The number of tetrazole rings is 1. The summed E-state index contributed by atoms with van der Waals surface area (Å²) < 4.78 is 5.16. The van der Waals surface area contributed by atoms with Gasteiger partial charge in [0, 0.05) is 11.1 Å². The molecule has 1 heterocycles. The number of hydrogen-bond acceptors (Lipinski definition) is 6. The highest BCUT2D eigenvalue weighted by atomic mass is 16.5. The third kappa shape index (κ3) is 4.78. The molecular formula is C23H20N6O3. The first-order chi connectivity index (χ1) is 15.6. The average molecular weight is 428 g/mol. The lowest BCUT2D eigenvalue weighted by atomic mass is 10.1. The monoisotopic (exact) mass is 428 g/mol. The van der Waals surface area contributed by atoms with Gasteiger partial charge in [0.1, 0.15) is 5.75 Å². The van der Waals surface area contributed by atoms with Crippen LogP contribution >= 0.6 is 0 Å². The third-order valence-electron chi connectivity index (χ3n) is 4.67. The molecule has 0 aliphatic heterocycles. The minimum absolute atomic E-state index is 0.320. The lowest BCUT2D eigenvalue weighted by Gasteiger charge is -2.10. The van der Waals surface area contributed by atoms with Crippen molar-refractivity contribution >= 4 is 11.8 Å². The number of carbonyl (C=O) groups is 2. The van der Waals surface area contributed by atoms with Crippen molar-refractivity contribution in [3.05, 3.63) is 95.6 Å². The Labute approximate surface area is 184 Å². The molecule has 160 valence electrons. The zero-order chi connectivity index (χ0) is 22.3. The highest BCUT2D eigenvalue weighted by Gasteiger charge is 2.13. The molecule has 0 aliphatic rings. The molecule has 3 aromatic carbocycles. The molecule has 2 amide bonds. The van der Waals surface area contributed by atoms with E-state index in [1.54, 1.807) is 48.5 Å². The Kier molecular flexibility index (Phi) is 6.17. The fourth-order valence-corrected chi connectivity index (χ4v) is 3.02. The Morgan fingerprint density at radius 2 is 1.56 bits per heavy atom. The maximum atomic E-state index is 12.4. The smallest absolute Gasteiger partial charge is 0.273 e. The van der Waals surface area contributed by atoms with Crippen molar-refractivity contribution < 1.29 is 14.3 Å². The Morgan fingerprint density at radius 1 is 0.875 bits per heavy atom. The molecule has 4 rings (SSSR count). The van der Waals surface area contributed by atoms with Crippen LogP contribution in [0.1, 0.15) is 26.3 Å². The highest BCUT2D eigenvalue weighted by molar-refractivity contribution is 6.00. The van der Waals surface area contributed by atoms with E-state index >= 15 is 0 Å². The first-order valence-corrected chi connectivity index (χ1v) is 9.80. The number of hydrogen-bond donors (Lipinski definition) is 2. The van der Waals surface area contributed by atoms with Crippen molar-refractivity contribution in [3.63, 3.8) is 0 Å². The average Bonchev–Trinajstić information content (AvgIpc) is 3.31. The van der Waals surface area contributed by atoms with Crippen molar-refractivity contribution in [2.75, 3.05) is 7.11 Å². The summed E-state index contributed by atoms with van der Waals surface area (Å²) in [5.41, 5.74) is 7.30. The predicted octanol–water partition coefficient (Wildman–Crippen LogP) is 2.47. The molecule has 0 saturated carbocycles. The Balaban J connectivity index is 1.35. The van der Waals surface area contributed by atoms with Gasteiger partial charge >= 0.3 is 0 Å². The van der Waals surface area contributed by atoms with E-state index in [1.807, 2.05) is 30.3 Å². The second kappa shape index (κ2) is 9.52. The first kappa shape index (κ1) is 20.7. The summed E-state index contributed by atoms with van der Waals surface area (Å²) in [6.45, 7) is 0.409. The number of para-hydroxylation sites is 1. The van der Waals surface area contributed by atoms with Crippen LogP contribution in [0.15, 0.2) is 78.9 Å². The number of ether oxygens (including phenoxy) is 1. The maximum Gasteiger partial charge on any atom is 0.273 e. The fourth-order valence-electron chi connectivity index (χ4n) is 3.02. The molecule has 4 aromatic rings. The molecule has 0 radical (unpaired) electrons. The Hall–Kier alpha value is -4.53. The van der Waals surface area contributed by atoms with Crippen LogP contribution in [0.4, 0.5) is 0 Å². The molecule has 0 aliphatic carbocycles. The van der Waals surface area contributed by atoms with E-state index < -0.39 is 11.8 Å². The van der Waals surface area contributed by atoms with Gasteiger partial charge in [-0.1, -0.05) is 54.6 Å². The standard InChI is InChI=1S/C23H20N6O3/c1-32-20-10-6-5-9-19(20)23(31)26-25-22(30)18-13-11-16(12-14-18)15-29-27-21(24-28-29)17-7-3-2-4-8-17/h2-14H,15H2,1H3,(H,25,30)(H,26,31). The molecule has 0 atom stereocenters. The van der Waals surface area contributed by atoms with Crippen LogP contribution in [0.2, 0.25) is 0 Å². The fraction of sp³-hybridized carbons (Fsp3) is 0.0870. The first-order valence-electron chi connectivity index (χ1n) is 9.80. The molecule has 0 saturated heterocycles. The van der Waals surface area contributed by atoms with Crippen LogP contribution in [0.5, 0.6) is 5.75 Å². The zero-order valence-corrected chi connectivity index (χ0v) is 17.2. The summed E-state index contributed by atoms with van der Waals surface area (Å²) in [6.07, 6.45) is 0. The summed E-state index contributed by atoms with van der Waals surface area (Å²) in [5, 5.41) is 12.5. The van der Waals surface area contributed by atoms with Gasteiger partial charge in [0.05, 0.1) is 19.2 Å². The van der Waals surface area contributed by atoms with Gasteiger partial charge < -0.3 is 4.74 Å². The van der Waals surface area contributed by atoms with Crippen molar-refractivity contribution in [3.8, 4) is 17.1 Å². The predicted molar refractivity (Wildman–Crippen MR) is 117 cm³/mol. The van der Waals surface area contributed by atoms with Crippen LogP contribution in [0, 0.1) is 0 Å². The van der Waals surface area contributed by atoms with E-state index in [1.165, 1.54) is 11.9 Å². The van der Waals surface area contributed by atoms with Crippen molar-refractivity contribution in [2.24, 2.45) is 0 Å². The normalized spacial score (nSPS) is 10.4. The highest BCUT2D eigenvalue weighted by Crippen LogP contribution is 2.16. The van der Waals surface area contributed by atoms with Crippen molar-refractivity contribution in [2.45, 2.75) is 6.54 Å². The van der Waals surface area contributed by atoms with Crippen LogP contribution in [-0.4, -0.2) is 39.1 Å². The largest absolute Gasteiger partial charge is 0.496 e. The Morgan fingerprint density at radius 3 is 2.31 bits per heavy atom. The van der Waals surface area contributed by atoms with E-state index in [2.05, 4.69) is 26.3 Å². The van der Waals surface area contributed by atoms with Crippen molar-refractivity contribution in [1.82, 2.24) is 31.1 Å². The number of rotatable bonds is 6. The van der Waals surface area contributed by atoms with E-state index in [9.17, 15) is 9.59 Å². The molecule has 0 spiro atoms. The maximum absolute atomic E-state index is 12.4. The zero-order valence-electron chi connectivity index (χ0n) is 17.2. The summed E-state index contributed by atoms with van der Waals surface area (Å²) in [5.74, 6) is 0.0528. The molecule has 0 bridgehead atoms. The second-order valence-corrected chi connectivity index (χ2v) is 6.81. The van der Waals surface area contributed by atoms with Crippen molar-refractivity contribution in [1.29, 1.82) is 0 Å². The lowest BCUT2D eigenvalue weighted by molar-refractivity contribution is 0.0845. The molecule has 2 N–H and O–H groups in total. The van der Waals surface area contributed by atoms with Gasteiger partial charge in [-0.25, -0.2) is 0 Å². The summed E-state index contributed by atoms with van der Waals surface area (Å²) in [7, 11) is 1.48. The van der Waals surface area contributed by atoms with E-state index in [-0.39, 0.29) is 0 Å². The van der Waals surface area contributed by atoms with Gasteiger partial charge in [0.15, 0.2) is 0 Å². The number of amides is 2. The van der Waals surface area contributed by atoms with Gasteiger partial charge in [-0.05, 0) is 35.0 Å². The second-order valence-electron chi connectivity index (χ2n) is 6.81. The molecule has 0 unspecified atom stereocenters. The van der Waals surface area contributed by atoms with Gasteiger partial charge in [0.2, 0.25) is 5.82 Å². The number of carbonyl (C=O) groups excluding carboxylic acids is 2. The van der Waals surface area contributed by atoms with Gasteiger partial charge in [-0.3, -0.25) is 20.4 Å². The number of aromatic nitrogens is 4. The minimum Gasteiger partial charge on any atom is -0.496 e. The van der Waals surface area contributed by atoms with E-state index in [0.717, 1.165) is 11.1 Å². The lowest BCUT2D eigenvalue weighted by Crippen LogP contribution is -2.41. The van der Waals surface area contributed by atoms with Gasteiger partial charge in [-0.2, -0.15) is 4.80 Å². The van der Waals surface area contributed by atoms with Crippen LogP contribution in [0.3, 0.4) is 0 Å². The number of hydrazine groups is 1.